The van der Waals surface area contributed by atoms with E-state index in [0.717, 1.165) is 24.9 Å². The maximum absolute atomic E-state index is 15.1. The SMILES string of the molecule is Cc1cc(C)c(C(C)(F)C2CCCNC2)c(F)c1. The van der Waals surface area contributed by atoms with Crippen molar-refractivity contribution in [3.63, 3.8) is 0 Å². The summed E-state index contributed by atoms with van der Waals surface area (Å²) in [5.41, 5.74) is 0.186. The molecule has 1 heterocycles. The summed E-state index contributed by atoms with van der Waals surface area (Å²) in [4.78, 5) is 0. The molecule has 2 unspecified atom stereocenters. The average molecular weight is 253 g/mol. The van der Waals surface area contributed by atoms with Crippen molar-refractivity contribution in [2.24, 2.45) is 5.92 Å². The first kappa shape index (κ1) is 13.5. The number of rotatable bonds is 2. The Kier molecular flexibility index (Phi) is 3.71. The van der Waals surface area contributed by atoms with E-state index in [1.54, 1.807) is 6.92 Å². The molecule has 2 atom stereocenters. The van der Waals surface area contributed by atoms with Gasteiger partial charge in [0.15, 0.2) is 0 Å². The first-order chi connectivity index (χ1) is 8.43. The molecule has 1 saturated heterocycles. The predicted octanol–water partition coefficient (Wildman–Crippen LogP) is 3.63. The second-order valence-electron chi connectivity index (χ2n) is 5.56. The maximum atomic E-state index is 15.1. The lowest BCUT2D eigenvalue weighted by Gasteiger charge is -2.35. The van der Waals surface area contributed by atoms with Gasteiger partial charge in [0.2, 0.25) is 0 Å². The summed E-state index contributed by atoms with van der Waals surface area (Å²) in [5, 5.41) is 3.20. The Morgan fingerprint density at radius 1 is 1.33 bits per heavy atom. The van der Waals surface area contributed by atoms with Crippen LogP contribution in [0.1, 0.15) is 36.5 Å². The first-order valence-corrected chi connectivity index (χ1v) is 6.59. The molecule has 3 heteroatoms. The average Bonchev–Trinajstić information content (AvgIpc) is 2.28. The van der Waals surface area contributed by atoms with Crippen LogP contribution in [0.3, 0.4) is 0 Å². The third-order valence-corrected chi connectivity index (χ3v) is 3.98. The third kappa shape index (κ3) is 2.41. The summed E-state index contributed by atoms with van der Waals surface area (Å²) < 4.78 is 29.2. The Bertz CT molecular complexity index is 411. The van der Waals surface area contributed by atoms with E-state index in [1.807, 2.05) is 13.0 Å². The summed E-state index contributed by atoms with van der Waals surface area (Å²) in [6.07, 6.45) is 1.77. The summed E-state index contributed by atoms with van der Waals surface area (Å²) in [6, 6.07) is 3.28. The van der Waals surface area contributed by atoms with E-state index in [-0.39, 0.29) is 11.5 Å². The molecular weight excluding hydrogens is 232 g/mol. The summed E-state index contributed by atoms with van der Waals surface area (Å²) >= 11 is 0. The molecule has 2 rings (SSSR count). The molecule has 0 radical (unpaired) electrons. The number of benzene rings is 1. The molecule has 1 nitrogen and oxygen atoms in total. The van der Waals surface area contributed by atoms with Gasteiger partial charge in [0.05, 0.1) is 0 Å². The summed E-state index contributed by atoms with van der Waals surface area (Å²) in [6.45, 7) is 6.70. The largest absolute Gasteiger partial charge is 0.316 e. The van der Waals surface area contributed by atoms with Gasteiger partial charge in [-0.1, -0.05) is 6.07 Å². The van der Waals surface area contributed by atoms with Gasteiger partial charge >= 0.3 is 0 Å². The fraction of sp³-hybridized carbons (Fsp3) is 0.600. The van der Waals surface area contributed by atoms with Crippen molar-refractivity contribution in [1.29, 1.82) is 0 Å². The van der Waals surface area contributed by atoms with Crippen LogP contribution in [0.25, 0.3) is 0 Å². The van der Waals surface area contributed by atoms with Gasteiger partial charge in [0.25, 0.3) is 0 Å². The molecule has 1 aliphatic rings. The normalized spacial score (nSPS) is 23.7. The Labute approximate surface area is 108 Å². The Balaban J connectivity index is 2.39. The highest BCUT2D eigenvalue weighted by molar-refractivity contribution is 5.36. The number of hydrogen-bond acceptors (Lipinski definition) is 1. The molecule has 0 aliphatic carbocycles. The summed E-state index contributed by atoms with van der Waals surface area (Å²) in [7, 11) is 0. The van der Waals surface area contributed by atoms with Gasteiger partial charge in [-0.3, -0.25) is 0 Å². The minimum Gasteiger partial charge on any atom is -0.316 e. The molecule has 18 heavy (non-hydrogen) atoms. The highest BCUT2D eigenvalue weighted by Gasteiger charge is 2.39. The van der Waals surface area contributed by atoms with Gasteiger partial charge in [-0.05, 0) is 57.4 Å². The van der Waals surface area contributed by atoms with Gasteiger partial charge in [-0.2, -0.15) is 0 Å². The number of nitrogens with one attached hydrogen (secondary N) is 1. The zero-order chi connectivity index (χ0) is 13.3. The van der Waals surface area contributed by atoms with E-state index in [4.69, 9.17) is 0 Å². The molecular formula is C15H21F2N. The first-order valence-electron chi connectivity index (χ1n) is 6.59. The molecule has 0 spiro atoms. The second-order valence-corrected chi connectivity index (χ2v) is 5.56. The predicted molar refractivity (Wildman–Crippen MR) is 69.9 cm³/mol. The molecule has 0 bridgehead atoms. The lowest BCUT2D eigenvalue weighted by atomic mass is 9.78. The molecule has 0 amide bonds. The Hall–Kier alpha value is -0.960. The zero-order valence-corrected chi connectivity index (χ0v) is 11.3. The zero-order valence-electron chi connectivity index (χ0n) is 11.3. The quantitative estimate of drug-likeness (QED) is 0.848. The molecule has 1 aromatic carbocycles. The van der Waals surface area contributed by atoms with E-state index in [1.165, 1.54) is 13.0 Å². The van der Waals surface area contributed by atoms with Crippen LogP contribution in [0.4, 0.5) is 8.78 Å². The molecule has 1 aromatic rings. The standard InChI is InChI=1S/C15H21F2N/c1-10-7-11(2)14(13(16)8-10)15(3,17)12-5-4-6-18-9-12/h7-8,12,18H,4-6,9H2,1-3H3. The van der Waals surface area contributed by atoms with Gasteiger partial charge in [-0.25, -0.2) is 8.78 Å². The molecule has 100 valence electrons. The van der Waals surface area contributed by atoms with E-state index >= 15 is 4.39 Å². The topological polar surface area (TPSA) is 12.0 Å². The molecule has 1 fully saturated rings. The Morgan fingerprint density at radius 3 is 2.61 bits per heavy atom. The fourth-order valence-corrected chi connectivity index (χ4v) is 3.05. The fourth-order valence-electron chi connectivity index (χ4n) is 3.05. The van der Waals surface area contributed by atoms with Crippen LogP contribution in [0.5, 0.6) is 0 Å². The Morgan fingerprint density at radius 2 is 2.06 bits per heavy atom. The highest BCUT2D eigenvalue weighted by atomic mass is 19.1. The minimum absolute atomic E-state index is 0.151. The third-order valence-electron chi connectivity index (χ3n) is 3.98. The molecule has 0 aromatic heterocycles. The van der Waals surface area contributed by atoms with Crippen LogP contribution in [-0.2, 0) is 5.67 Å². The number of alkyl halides is 1. The highest BCUT2D eigenvalue weighted by Crippen LogP contribution is 2.40. The monoisotopic (exact) mass is 253 g/mol. The second kappa shape index (κ2) is 4.96. The smallest absolute Gasteiger partial charge is 0.140 e. The van der Waals surface area contributed by atoms with Crippen LogP contribution in [0.2, 0.25) is 0 Å². The molecule has 1 N–H and O–H groups in total. The number of aryl methyl sites for hydroxylation is 2. The van der Waals surface area contributed by atoms with Gasteiger partial charge < -0.3 is 5.32 Å². The van der Waals surface area contributed by atoms with Crippen LogP contribution >= 0.6 is 0 Å². The van der Waals surface area contributed by atoms with Crippen molar-refractivity contribution in [1.82, 2.24) is 5.32 Å². The van der Waals surface area contributed by atoms with Crippen molar-refractivity contribution in [2.45, 2.75) is 39.3 Å². The van der Waals surface area contributed by atoms with Crippen molar-refractivity contribution < 1.29 is 8.78 Å². The van der Waals surface area contributed by atoms with Gasteiger partial charge in [-0.15, -0.1) is 0 Å². The van der Waals surface area contributed by atoms with Crippen molar-refractivity contribution in [3.8, 4) is 0 Å². The van der Waals surface area contributed by atoms with Crippen LogP contribution in [-0.4, -0.2) is 13.1 Å². The van der Waals surface area contributed by atoms with Crippen molar-refractivity contribution >= 4 is 0 Å². The number of piperidine rings is 1. The molecule has 0 saturated carbocycles. The van der Waals surface area contributed by atoms with E-state index in [9.17, 15) is 4.39 Å². The summed E-state index contributed by atoms with van der Waals surface area (Å²) in [5.74, 6) is -0.565. The van der Waals surface area contributed by atoms with E-state index in [0.29, 0.717) is 12.1 Å². The van der Waals surface area contributed by atoms with Gasteiger partial charge in [0, 0.05) is 18.0 Å². The van der Waals surface area contributed by atoms with Crippen molar-refractivity contribution in [2.75, 3.05) is 13.1 Å². The van der Waals surface area contributed by atoms with E-state index in [2.05, 4.69) is 5.32 Å². The number of halogens is 2. The number of hydrogen-bond donors (Lipinski definition) is 1. The van der Waals surface area contributed by atoms with Crippen LogP contribution < -0.4 is 5.32 Å². The van der Waals surface area contributed by atoms with Crippen molar-refractivity contribution in [3.05, 3.63) is 34.6 Å². The van der Waals surface area contributed by atoms with Gasteiger partial charge in [0.1, 0.15) is 11.5 Å². The van der Waals surface area contributed by atoms with Crippen LogP contribution in [0.15, 0.2) is 12.1 Å². The maximum Gasteiger partial charge on any atom is 0.140 e. The minimum atomic E-state index is -1.60. The molecule has 1 aliphatic heterocycles. The lowest BCUT2D eigenvalue weighted by Crippen LogP contribution is -2.40. The van der Waals surface area contributed by atoms with E-state index < -0.39 is 11.5 Å². The van der Waals surface area contributed by atoms with Crippen LogP contribution in [0, 0.1) is 25.6 Å². The lowest BCUT2D eigenvalue weighted by molar-refractivity contribution is 0.0765.